The number of unbranched alkanes of at least 4 members (excludes halogenated alkanes) is 1. The van der Waals surface area contributed by atoms with Crippen molar-refractivity contribution in [2.45, 2.75) is 51.4 Å². The van der Waals surface area contributed by atoms with E-state index in [0.29, 0.717) is 18.4 Å². The number of allylic oxidation sites excluding steroid dienone is 8. The quantitative estimate of drug-likeness (QED) is 0.536. The maximum Gasteiger partial charge on any atom is 0.167 e. The van der Waals surface area contributed by atoms with Crippen LogP contribution in [0.2, 0.25) is 0 Å². The molecule has 0 aliphatic heterocycles. The Hall–Kier alpha value is -3.01. The molecule has 5 rings (SSSR count). The molecule has 0 radical (unpaired) electrons. The maximum absolute atomic E-state index is 12.7. The molecule has 0 amide bonds. The van der Waals surface area contributed by atoms with E-state index < -0.39 is 0 Å². The van der Waals surface area contributed by atoms with Crippen molar-refractivity contribution in [1.29, 1.82) is 0 Å². The fourth-order valence-electron chi connectivity index (χ4n) is 4.49. The van der Waals surface area contributed by atoms with E-state index in [1.807, 2.05) is 36.6 Å². The van der Waals surface area contributed by atoms with Crippen molar-refractivity contribution in [3.8, 4) is 0 Å². The predicted molar refractivity (Wildman–Crippen MR) is 122 cm³/mol. The minimum absolute atomic E-state index is 0.00402. The van der Waals surface area contributed by atoms with Gasteiger partial charge in [-0.3, -0.25) is 9.59 Å². The number of ketones is 2. The molecule has 0 spiro atoms. The normalized spacial score (nSPS) is 20.0. The van der Waals surface area contributed by atoms with Crippen LogP contribution in [0.4, 0.5) is 0 Å². The van der Waals surface area contributed by atoms with E-state index in [1.54, 1.807) is 0 Å². The molecular weight excluding hydrogens is 384 g/mol. The summed E-state index contributed by atoms with van der Waals surface area (Å²) in [5.74, 6) is 0.759. The Bertz CT molecular complexity index is 1140. The van der Waals surface area contributed by atoms with Crippen molar-refractivity contribution < 1.29 is 9.59 Å². The molecule has 3 aliphatic rings. The largest absolute Gasteiger partial charge is 0.307 e. The molecule has 0 aromatic carbocycles. The van der Waals surface area contributed by atoms with Gasteiger partial charge in [0, 0.05) is 24.4 Å². The zero-order chi connectivity index (χ0) is 21.2. The van der Waals surface area contributed by atoms with E-state index in [0.717, 1.165) is 29.3 Å². The molecule has 1 atom stereocenters. The van der Waals surface area contributed by atoms with Crippen LogP contribution >= 0.6 is 0 Å². The number of hydrogen-bond donors (Lipinski definition) is 0. The predicted octanol–water partition coefficient (Wildman–Crippen LogP) is 5.14. The summed E-state index contributed by atoms with van der Waals surface area (Å²) in [6.07, 6.45) is 24.0. The first-order valence-corrected chi connectivity index (χ1v) is 11.5. The van der Waals surface area contributed by atoms with Crippen LogP contribution in [-0.4, -0.2) is 21.0 Å². The van der Waals surface area contributed by atoms with E-state index in [-0.39, 0.29) is 17.5 Å². The summed E-state index contributed by atoms with van der Waals surface area (Å²) in [5.41, 5.74) is 4.57. The highest BCUT2D eigenvalue weighted by Gasteiger charge is 2.25. The molecule has 2 heterocycles. The number of nitrogens with zero attached hydrogens (tertiary/aromatic N) is 2. The summed E-state index contributed by atoms with van der Waals surface area (Å²) in [4.78, 5) is 29.7. The Balaban J connectivity index is 1.19. The van der Waals surface area contributed by atoms with Crippen LogP contribution in [0.15, 0.2) is 72.1 Å². The number of pyridine rings is 1. The van der Waals surface area contributed by atoms with E-state index in [9.17, 15) is 9.59 Å². The number of fused-ring (bicyclic) bond motifs is 2. The van der Waals surface area contributed by atoms with Gasteiger partial charge in [-0.05, 0) is 54.5 Å². The number of aryl methyl sites for hydroxylation is 2. The van der Waals surface area contributed by atoms with Crippen molar-refractivity contribution >= 4 is 17.2 Å². The third-order valence-corrected chi connectivity index (χ3v) is 6.51. The smallest absolute Gasteiger partial charge is 0.167 e. The van der Waals surface area contributed by atoms with Gasteiger partial charge in [-0.25, -0.2) is 4.98 Å². The SMILES string of the molecule is O=C(CCc1cn2cc(CCCCC3CC3)ccc2n1)C1=CC(=O)C2C=CC=CC2=C1. The highest BCUT2D eigenvalue weighted by molar-refractivity contribution is 6.09. The van der Waals surface area contributed by atoms with Gasteiger partial charge in [0.05, 0.1) is 11.6 Å². The number of aromatic nitrogens is 2. The Kier molecular flexibility index (Phi) is 5.54. The third kappa shape index (κ3) is 4.68. The standard InChI is InChI=1S/C27H28N2O2/c30-25(22-15-21-7-3-4-8-24(21)26(31)16-22)13-12-23-18-29-17-20(11-14-27(29)28-23)6-2-1-5-19-9-10-19/h3-4,7-8,11,14-19,24H,1-2,5-6,9-10,12-13H2. The van der Waals surface area contributed by atoms with Gasteiger partial charge in [0.15, 0.2) is 11.6 Å². The molecule has 2 aromatic heterocycles. The van der Waals surface area contributed by atoms with Crippen molar-refractivity contribution in [2.24, 2.45) is 11.8 Å². The van der Waals surface area contributed by atoms with Gasteiger partial charge in [0.2, 0.25) is 0 Å². The number of carbonyl (C=O) groups excluding carboxylic acids is 2. The lowest BCUT2D eigenvalue weighted by atomic mass is 9.83. The molecule has 0 saturated heterocycles. The second-order valence-electron chi connectivity index (χ2n) is 9.02. The molecule has 0 N–H and O–H groups in total. The fourth-order valence-corrected chi connectivity index (χ4v) is 4.49. The van der Waals surface area contributed by atoms with Crippen molar-refractivity contribution in [2.75, 3.05) is 0 Å². The molecule has 2 aromatic rings. The lowest BCUT2D eigenvalue weighted by Gasteiger charge is -2.19. The Morgan fingerprint density at radius 3 is 2.84 bits per heavy atom. The summed E-state index contributed by atoms with van der Waals surface area (Å²) in [6.45, 7) is 0. The molecule has 0 bridgehead atoms. The van der Waals surface area contributed by atoms with Crippen LogP contribution in [0.3, 0.4) is 0 Å². The minimum Gasteiger partial charge on any atom is -0.307 e. The highest BCUT2D eigenvalue weighted by atomic mass is 16.1. The Labute approximate surface area is 183 Å². The summed E-state index contributed by atoms with van der Waals surface area (Å²) in [5, 5.41) is 0. The van der Waals surface area contributed by atoms with Crippen LogP contribution in [-0.2, 0) is 22.4 Å². The first-order chi connectivity index (χ1) is 15.2. The van der Waals surface area contributed by atoms with Crippen LogP contribution in [0, 0.1) is 11.8 Å². The molecule has 1 fully saturated rings. The van der Waals surface area contributed by atoms with Crippen molar-refractivity contribution in [3.63, 3.8) is 0 Å². The van der Waals surface area contributed by atoms with Crippen LogP contribution in [0.1, 0.15) is 49.8 Å². The van der Waals surface area contributed by atoms with Gasteiger partial charge < -0.3 is 4.40 Å². The van der Waals surface area contributed by atoms with Gasteiger partial charge in [0.25, 0.3) is 0 Å². The van der Waals surface area contributed by atoms with Gasteiger partial charge >= 0.3 is 0 Å². The lowest BCUT2D eigenvalue weighted by Crippen LogP contribution is -2.19. The van der Waals surface area contributed by atoms with E-state index in [2.05, 4.69) is 27.7 Å². The first-order valence-electron chi connectivity index (χ1n) is 11.5. The van der Waals surface area contributed by atoms with Crippen molar-refractivity contribution in [1.82, 2.24) is 9.38 Å². The first kappa shape index (κ1) is 19.9. The number of rotatable bonds is 9. The average molecular weight is 413 g/mol. The second-order valence-corrected chi connectivity index (χ2v) is 9.02. The Morgan fingerprint density at radius 1 is 1.06 bits per heavy atom. The van der Waals surface area contributed by atoms with Crippen molar-refractivity contribution in [3.05, 3.63) is 83.4 Å². The number of imidazole rings is 1. The fraction of sp³-hybridized carbons (Fsp3) is 0.370. The third-order valence-electron chi connectivity index (χ3n) is 6.51. The maximum atomic E-state index is 12.7. The molecule has 31 heavy (non-hydrogen) atoms. The summed E-state index contributed by atoms with van der Waals surface area (Å²) in [6, 6.07) is 4.24. The molecule has 158 valence electrons. The zero-order valence-corrected chi connectivity index (χ0v) is 17.8. The van der Waals surface area contributed by atoms with Crippen LogP contribution < -0.4 is 0 Å². The minimum atomic E-state index is -0.233. The Morgan fingerprint density at radius 2 is 1.97 bits per heavy atom. The number of carbonyl (C=O) groups is 2. The van der Waals surface area contributed by atoms with Gasteiger partial charge in [0.1, 0.15) is 5.65 Å². The van der Waals surface area contributed by atoms with Crippen LogP contribution in [0.5, 0.6) is 0 Å². The van der Waals surface area contributed by atoms with E-state index >= 15 is 0 Å². The monoisotopic (exact) mass is 412 g/mol. The van der Waals surface area contributed by atoms with Gasteiger partial charge in [-0.15, -0.1) is 0 Å². The lowest BCUT2D eigenvalue weighted by molar-refractivity contribution is -0.118. The van der Waals surface area contributed by atoms with Gasteiger partial charge in [-0.1, -0.05) is 56.1 Å². The summed E-state index contributed by atoms with van der Waals surface area (Å²) in [7, 11) is 0. The van der Waals surface area contributed by atoms with Gasteiger partial charge in [-0.2, -0.15) is 0 Å². The topological polar surface area (TPSA) is 51.4 Å². The molecule has 4 nitrogen and oxygen atoms in total. The van der Waals surface area contributed by atoms with E-state index in [4.69, 9.17) is 0 Å². The van der Waals surface area contributed by atoms with Crippen LogP contribution in [0.25, 0.3) is 5.65 Å². The molecule has 4 heteroatoms. The highest BCUT2D eigenvalue weighted by Crippen LogP contribution is 2.34. The summed E-state index contributed by atoms with van der Waals surface area (Å²) >= 11 is 0. The van der Waals surface area contributed by atoms with E-state index in [1.165, 1.54) is 43.7 Å². The number of hydrogen-bond acceptors (Lipinski definition) is 3. The molecule has 1 unspecified atom stereocenters. The average Bonchev–Trinajstić information content (AvgIpc) is 3.52. The molecular formula is C27H28N2O2. The molecule has 1 saturated carbocycles. The molecule has 3 aliphatic carbocycles. The second kappa shape index (κ2) is 8.62. The zero-order valence-electron chi connectivity index (χ0n) is 17.8. The number of Topliss-reactive ketones (excluding diaryl/α,β-unsaturated/α-hetero) is 1. The summed E-state index contributed by atoms with van der Waals surface area (Å²) < 4.78 is 2.07.